The Morgan fingerprint density at radius 2 is 1.64 bits per heavy atom. The number of nitrogens with zero attached hydrogens (tertiary/aromatic N) is 4. The molecule has 36 heavy (non-hydrogen) atoms. The second-order valence-electron chi connectivity index (χ2n) is 10.1. The lowest BCUT2D eigenvalue weighted by Gasteiger charge is -2.54. The molecule has 1 aromatic heterocycles. The van der Waals surface area contributed by atoms with Gasteiger partial charge in [-0.05, 0) is 63.1 Å². The van der Waals surface area contributed by atoms with Crippen molar-refractivity contribution in [3.8, 4) is 0 Å². The van der Waals surface area contributed by atoms with Crippen LogP contribution in [0.25, 0.3) is 0 Å². The fourth-order valence-corrected chi connectivity index (χ4v) is 7.93. The van der Waals surface area contributed by atoms with Crippen molar-refractivity contribution in [1.29, 1.82) is 0 Å². The van der Waals surface area contributed by atoms with E-state index in [4.69, 9.17) is 0 Å². The van der Waals surface area contributed by atoms with E-state index in [1.54, 1.807) is 12.7 Å². The van der Waals surface area contributed by atoms with Crippen molar-refractivity contribution in [2.45, 2.75) is 74.9 Å². The molecule has 1 aliphatic heterocycles. The summed E-state index contributed by atoms with van der Waals surface area (Å²) in [5, 5.41) is 18.4. The van der Waals surface area contributed by atoms with Crippen molar-refractivity contribution >= 4 is 10.8 Å². The van der Waals surface area contributed by atoms with Crippen LogP contribution in [0.3, 0.4) is 0 Å². The molecule has 2 atom stereocenters. The first kappa shape index (κ1) is 25.3. The molecule has 2 aliphatic rings. The SMILES string of the molecule is C[C@H]1CC[C@H](c2ccccc2)S(O)(O)N1Cc1cc(F)c(C2(O)CCC(n3cnnc3)CC2)cc1F. The standard InChI is InChI=1S/C26H32F2N4O3S/c1-18-7-8-25(19-5-3-2-4-6-19)36(34,35)32(18)15-20-13-24(28)22(14-23(20)27)26(33)11-9-21(10-12-26)31-16-29-30-17-31/h2-6,13-14,16-18,21,25,33-35H,7-12,15H2,1H3/t18-,21?,25+,26?/m0/s1. The van der Waals surface area contributed by atoms with Gasteiger partial charge in [0.05, 0.1) is 10.9 Å². The highest BCUT2D eigenvalue weighted by atomic mass is 32.3. The van der Waals surface area contributed by atoms with Crippen molar-refractivity contribution < 1.29 is 23.0 Å². The molecule has 1 aliphatic carbocycles. The molecule has 1 saturated carbocycles. The van der Waals surface area contributed by atoms with Crippen LogP contribution in [0.5, 0.6) is 0 Å². The number of benzene rings is 2. The number of hydrogen-bond donors (Lipinski definition) is 3. The summed E-state index contributed by atoms with van der Waals surface area (Å²) in [6, 6.07) is 11.4. The molecule has 5 rings (SSSR count). The molecule has 2 aromatic carbocycles. The van der Waals surface area contributed by atoms with Gasteiger partial charge in [0.25, 0.3) is 0 Å². The third-order valence-electron chi connectivity index (χ3n) is 7.84. The van der Waals surface area contributed by atoms with Crippen LogP contribution in [0.4, 0.5) is 8.78 Å². The molecule has 7 nitrogen and oxygen atoms in total. The van der Waals surface area contributed by atoms with Crippen molar-refractivity contribution in [2.24, 2.45) is 0 Å². The van der Waals surface area contributed by atoms with Gasteiger partial charge < -0.3 is 9.67 Å². The fraction of sp³-hybridized carbons (Fsp3) is 0.462. The second kappa shape index (κ2) is 9.83. The Hall–Kier alpha value is -2.37. The molecule has 3 N–H and O–H groups in total. The van der Waals surface area contributed by atoms with Gasteiger partial charge in [0.2, 0.25) is 0 Å². The Kier molecular flexibility index (Phi) is 6.90. The molecular weight excluding hydrogens is 486 g/mol. The van der Waals surface area contributed by atoms with E-state index in [0.717, 1.165) is 17.7 Å². The van der Waals surface area contributed by atoms with Crippen LogP contribution in [-0.4, -0.2) is 39.3 Å². The average Bonchev–Trinajstić information content (AvgIpc) is 3.39. The summed E-state index contributed by atoms with van der Waals surface area (Å²) < 4.78 is 56.5. The highest BCUT2D eigenvalue weighted by molar-refractivity contribution is 8.22. The van der Waals surface area contributed by atoms with Gasteiger partial charge in [-0.1, -0.05) is 30.3 Å². The van der Waals surface area contributed by atoms with Gasteiger partial charge in [-0.25, -0.2) is 8.78 Å². The molecule has 2 heterocycles. The summed E-state index contributed by atoms with van der Waals surface area (Å²) in [5.74, 6) is -1.35. The Morgan fingerprint density at radius 1 is 0.972 bits per heavy atom. The highest BCUT2D eigenvalue weighted by Crippen LogP contribution is 2.63. The van der Waals surface area contributed by atoms with E-state index >= 15 is 8.78 Å². The molecule has 0 bridgehead atoms. The number of rotatable bonds is 5. The first-order valence-corrected chi connectivity index (χ1v) is 13.9. The molecule has 0 spiro atoms. The van der Waals surface area contributed by atoms with E-state index in [2.05, 4.69) is 10.2 Å². The minimum absolute atomic E-state index is 0.0403. The molecule has 1 saturated heterocycles. The smallest absolute Gasteiger partial charge is 0.129 e. The maximum Gasteiger partial charge on any atom is 0.129 e. The number of aliphatic hydroxyl groups is 1. The Morgan fingerprint density at radius 3 is 2.31 bits per heavy atom. The highest BCUT2D eigenvalue weighted by Gasteiger charge is 2.42. The Balaban J connectivity index is 1.36. The maximum atomic E-state index is 15.3. The van der Waals surface area contributed by atoms with Gasteiger partial charge in [0, 0.05) is 29.8 Å². The first-order chi connectivity index (χ1) is 17.2. The van der Waals surface area contributed by atoms with Gasteiger partial charge in [-0.2, -0.15) is 4.31 Å². The summed E-state index contributed by atoms with van der Waals surface area (Å²) in [6.07, 6.45) is 6.29. The monoisotopic (exact) mass is 518 g/mol. The maximum absolute atomic E-state index is 15.3. The van der Waals surface area contributed by atoms with Crippen molar-refractivity contribution in [2.75, 3.05) is 0 Å². The van der Waals surface area contributed by atoms with E-state index < -0.39 is 33.3 Å². The molecule has 10 heteroatoms. The predicted molar refractivity (Wildman–Crippen MR) is 134 cm³/mol. The van der Waals surface area contributed by atoms with E-state index in [-0.39, 0.29) is 42.6 Å². The van der Waals surface area contributed by atoms with Gasteiger partial charge in [0.1, 0.15) is 24.3 Å². The zero-order valence-electron chi connectivity index (χ0n) is 20.2. The van der Waals surface area contributed by atoms with Crippen LogP contribution in [0.2, 0.25) is 0 Å². The molecular formula is C26H32F2N4O3S. The van der Waals surface area contributed by atoms with Crippen molar-refractivity contribution in [3.63, 3.8) is 0 Å². The van der Waals surface area contributed by atoms with Crippen molar-refractivity contribution in [3.05, 3.63) is 83.4 Å². The zero-order valence-corrected chi connectivity index (χ0v) is 21.0. The largest absolute Gasteiger partial charge is 0.385 e. The zero-order chi connectivity index (χ0) is 25.5. The second-order valence-corrected chi connectivity index (χ2v) is 12.2. The van der Waals surface area contributed by atoms with Gasteiger partial charge in [0.15, 0.2) is 0 Å². The lowest BCUT2D eigenvalue weighted by atomic mass is 9.77. The van der Waals surface area contributed by atoms with Crippen LogP contribution in [-0.2, 0) is 12.1 Å². The minimum atomic E-state index is -3.28. The summed E-state index contributed by atoms with van der Waals surface area (Å²) in [7, 11) is -3.28. The Bertz CT molecular complexity index is 1190. The van der Waals surface area contributed by atoms with E-state index in [0.29, 0.717) is 25.7 Å². The van der Waals surface area contributed by atoms with E-state index in [1.165, 1.54) is 4.31 Å². The topological polar surface area (TPSA) is 94.6 Å². The minimum Gasteiger partial charge on any atom is -0.385 e. The molecule has 0 unspecified atom stereocenters. The molecule has 3 aromatic rings. The predicted octanol–water partition coefficient (Wildman–Crippen LogP) is 5.95. The summed E-state index contributed by atoms with van der Waals surface area (Å²) in [5.41, 5.74) is -0.654. The quantitative estimate of drug-likeness (QED) is 0.386. The number of hydrogen-bond acceptors (Lipinski definition) is 6. The van der Waals surface area contributed by atoms with E-state index in [1.807, 2.05) is 41.8 Å². The third kappa shape index (κ3) is 4.68. The molecule has 194 valence electrons. The van der Waals surface area contributed by atoms with Crippen molar-refractivity contribution in [1.82, 2.24) is 19.1 Å². The third-order valence-corrected chi connectivity index (χ3v) is 10.3. The fourth-order valence-electron chi connectivity index (χ4n) is 5.67. The molecule has 0 amide bonds. The lowest BCUT2D eigenvalue weighted by Crippen LogP contribution is -2.42. The van der Waals surface area contributed by atoms with Gasteiger partial charge >= 0.3 is 0 Å². The molecule has 2 fully saturated rings. The van der Waals surface area contributed by atoms with Gasteiger partial charge in [-0.3, -0.25) is 9.11 Å². The normalized spacial score (nSPS) is 29.7. The van der Waals surface area contributed by atoms with Crippen LogP contribution in [0.15, 0.2) is 55.1 Å². The first-order valence-electron chi connectivity index (χ1n) is 12.3. The lowest BCUT2D eigenvalue weighted by molar-refractivity contribution is -0.0155. The average molecular weight is 519 g/mol. The van der Waals surface area contributed by atoms with Gasteiger partial charge in [-0.15, -0.1) is 21.0 Å². The van der Waals surface area contributed by atoms with Crippen LogP contribution >= 0.6 is 10.8 Å². The Labute approximate surface area is 211 Å². The van der Waals surface area contributed by atoms with Crippen LogP contribution < -0.4 is 0 Å². The summed E-state index contributed by atoms with van der Waals surface area (Å²) in [4.78, 5) is 0. The van der Waals surface area contributed by atoms with E-state index in [9.17, 15) is 14.2 Å². The number of aromatic nitrogens is 3. The number of halogens is 2. The summed E-state index contributed by atoms with van der Waals surface area (Å²) in [6.45, 7) is 1.74. The molecule has 0 radical (unpaired) electrons. The summed E-state index contributed by atoms with van der Waals surface area (Å²) >= 11 is 0. The van der Waals surface area contributed by atoms with Crippen LogP contribution in [0, 0.1) is 11.6 Å². The van der Waals surface area contributed by atoms with Crippen LogP contribution in [0.1, 0.15) is 73.4 Å².